The van der Waals surface area contributed by atoms with E-state index in [2.05, 4.69) is 50.6 Å². The summed E-state index contributed by atoms with van der Waals surface area (Å²) in [6, 6.07) is 11.2. The van der Waals surface area contributed by atoms with E-state index in [0.29, 0.717) is 28.9 Å². The number of amides is 1. The molecule has 3 heterocycles. The highest BCUT2D eigenvalue weighted by atomic mass is 19.1. The Hall–Kier alpha value is -3.56. The largest absolute Gasteiger partial charge is 0.377 e. The molecular formula is C27H32FN7O. The Kier molecular flexibility index (Phi) is 6.84. The van der Waals surface area contributed by atoms with Crippen molar-refractivity contribution in [3.05, 3.63) is 76.9 Å². The summed E-state index contributed by atoms with van der Waals surface area (Å²) >= 11 is 0. The van der Waals surface area contributed by atoms with Gasteiger partial charge >= 0.3 is 0 Å². The molecular weight excluding hydrogens is 457 g/mol. The van der Waals surface area contributed by atoms with Crippen molar-refractivity contribution in [2.45, 2.75) is 37.9 Å². The van der Waals surface area contributed by atoms with E-state index >= 15 is 0 Å². The first-order valence-corrected chi connectivity index (χ1v) is 12.3. The van der Waals surface area contributed by atoms with Crippen LogP contribution in [0.1, 0.15) is 45.9 Å². The number of carbonyl (C=O) groups excluding carboxylic acids is 1. The fourth-order valence-electron chi connectivity index (χ4n) is 5.16. The molecule has 0 bridgehead atoms. The molecule has 3 aromatic rings. The Labute approximate surface area is 210 Å². The maximum atomic E-state index is 14.5. The Morgan fingerprint density at radius 3 is 2.72 bits per heavy atom. The first kappa shape index (κ1) is 24.1. The molecule has 0 saturated carbocycles. The summed E-state index contributed by atoms with van der Waals surface area (Å²) in [6.07, 6.45) is 6.00. The molecule has 8 nitrogen and oxygen atoms in total. The summed E-state index contributed by atoms with van der Waals surface area (Å²) in [7, 11) is 4.26. The van der Waals surface area contributed by atoms with Crippen LogP contribution in [0.4, 0.5) is 21.7 Å². The molecule has 2 aromatic heterocycles. The maximum Gasteiger partial charge on any atom is 0.252 e. The number of pyridine rings is 2. The fourth-order valence-corrected chi connectivity index (χ4v) is 5.16. The lowest BCUT2D eigenvalue weighted by Gasteiger charge is -2.20. The van der Waals surface area contributed by atoms with Crippen molar-refractivity contribution in [1.29, 1.82) is 0 Å². The second-order valence-corrected chi connectivity index (χ2v) is 9.85. The zero-order chi connectivity index (χ0) is 25.2. The van der Waals surface area contributed by atoms with Crippen LogP contribution in [0.3, 0.4) is 0 Å². The third kappa shape index (κ3) is 5.17. The summed E-state index contributed by atoms with van der Waals surface area (Å²) in [5, 5.41) is 6.52. The zero-order valence-corrected chi connectivity index (χ0v) is 20.7. The quantitative estimate of drug-likeness (QED) is 0.444. The van der Waals surface area contributed by atoms with Crippen LogP contribution in [0.2, 0.25) is 0 Å². The number of benzene rings is 1. The van der Waals surface area contributed by atoms with E-state index < -0.39 is 5.91 Å². The second kappa shape index (κ2) is 10.2. The van der Waals surface area contributed by atoms with Crippen molar-refractivity contribution in [2.24, 2.45) is 5.73 Å². The van der Waals surface area contributed by atoms with E-state index in [1.54, 1.807) is 12.1 Å². The molecule has 1 unspecified atom stereocenters. The van der Waals surface area contributed by atoms with Crippen LogP contribution in [0, 0.1) is 5.82 Å². The highest BCUT2D eigenvalue weighted by Crippen LogP contribution is 2.36. The lowest BCUT2D eigenvalue weighted by molar-refractivity contribution is 0.100. The van der Waals surface area contributed by atoms with Gasteiger partial charge in [0.1, 0.15) is 17.5 Å². The molecule has 36 heavy (non-hydrogen) atoms. The number of rotatable bonds is 8. The predicted octanol–water partition coefficient (Wildman–Crippen LogP) is 3.69. The molecule has 1 aromatic carbocycles. The lowest BCUT2D eigenvalue weighted by Crippen LogP contribution is -2.31. The number of nitrogens with zero attached hydrogens (tertiary/aromatic N) is 4. The molecule has 1 aliphatic carbocycles. The zero-order valence-electron chi connectivity index (χ0n) is 20.7. The number of likely N-dealkylation sites (tertiary alicyclic amines) is 1. The van der Waals surface area contributed by atoms with E-state index in [0.717, 1.165) is 43.6 Å². The number of hydrogen-bond acceptors (Lipinski definition) is 7. The van der Waals surface area contributed by atoms with Gasteiger partial charge in [0.05, 0.1) is 17.3 Å². The average Bonchev–Trinajstić information content (AvgIpc) is 3.49. The van der Waals surface area contributed by atoms with Gasteiger partial charge in [0.15, 0.2) is 0 Å². The molecule has 0 radical (unpaired) electrons. The van der Waals surface area contributed by atoms with Gasteiger partial charge in [-0.2, -0.15) is 0 Å². The minimum Gasteiger partial charge on any atom is -0.377 e. The second-order valence-electron chi connectivity index (χ2n) is 9.85. The van der Waals surface area contributed by atoms with Crippen molar-refractivity contribution in [3.8, 4) is 0 Å². The van der Waals surface area contributed by atoms with Crippen LogP contribution in [-0.4, -0.2) is 58.9 Å². The van der Waals surface area contributed by atoms with Crippen molar-refractivity contribution >= 4 is 23.2 Å². The monoisotopic (exact) mass is 489 g/mol. The van der Waals surface area contributed by atoms with Gasteiger partial charge in [0.25, 0.3) is 5.91 Å². The number of nitrogens with two attached hydrogens (primary N) is 1. The molecule has 2 atom stereocenters. The summed E-state index contributed by atoms with van der Waals surface area (Å²) < 4.78 is 14.5. The molecule has 4 N–H and O–H groups in total. The number of carbonyl (C=O) groups is 1. The normalized spacial score (nSPS) is 19.4. The number of aromatic nitrogens is 2. The first-order valence-electron chi connectivity index (χ1n) is 12.3. The molecule has 1 saturated heterocycles. The van der Waals surface area contributed by atoms with E-state index in [4.69, 9.17) is 5.73 Å². The first-order chi connectivity index (χ1) is 17.4. The minimum atomic E-state index is -0.593. The van der Waals surface area contributed by atoms with Gasteiger partial charge in [0, 0.05) is 49.7 Å². The van der Waals surface area contributed by atoms with Gasteiger partial charge in [-0.3, -0.25) is 9.69 Å². The van der Waals surface area contributed by atoms with E-state index in [1.165, 1.54) is 18.7 Å². The van der Waals surface area contributed by atoms with E-state index in [1.807, 2.05) is 18.3 Å². The number of halogens is 1. The van der Waals surface area contributed by atoms with Crippen molar-refractivity contribution < 1.29 is 9.18 Å². The Balaban J connectivity index is 1.28. The van der Waals surface area contributed by atoms with Crippen LogP contribution in [-0.2, 0) is 13.0 Å². The van der Waals surface area contributed by atoms with E-state index in [9.17, 15) is 9.18 Å². The van der Waals surface area contributed by atoms with Crippen molar-refractivity contribution in [3.63, 3.8) is 0 Å². The van der Waals surface area contributed by atoms with Gasteiger partial charge in [0.2, 0.25) is 0 Å². The molecule has 0 spiro atoms. The van der Waals surface area contributed by atoms with Crippen LogP contribution < -0.4 is 16.4 Å². The van der Waals surface area contributed by atoms with Crippen LogP contribution >= 0.6 is 0 Å². The van der Waals surface area contributed by atoms with Crippen LogP contribution in [0.25, 0.3) is 0 Å². The standard InChI is InChI=1S/C27H32FN7O/c1-34(2)19-10-11-35(16-19)15-17-6-9-24(30-13-17)33-25-12-23(20(14-31-25)27(29)36)32-22-8-7-18-4-3-5-21(28)26(18)22/h3-6,9,12-14,19,22H,7-8,10-11,15-16H2,1-2H3,(H2,29,36)(H2,30,31,32,33)/t19-,22?/m0/s1. The molecule has 9 heteroatoms. The van der Waals surface area contributed by atoms with Crippen molar-refractivity contribution in [2.75, 3.05) is 37.8 Å². The van der Waals surface area contributed by atoms with Gasteiger partial charge in [-0.05, 0) is 56.6 Å². The van der Waals surface area contributed by atoms with Crippen LogP contribution in [0.5, 0.6) is 0 Å². The van der Waals surface area contributed by atoms with E-state index in [-0.39, 0.29) is 17.4 Å². The molecule has 188 valence electrons. The maximum absolute atomic E-state index is 14.5. The summed E-state index contributed by atoms with van der Waals surface area (Å²) in [6.45, 7) is 3.02. The number of anilines is 3. The Bertz CT molecular complexity index is 1250. The molecule has 1 amide bonds. The van der Waals surface area contributed by atoms with Crippen LogP contribution in [0.15, 0.2) is 48.8 Å². The third-order valence-corrected chi connectivity index (χ3v) is 7.16. The number of hydrogen-bond donors (Lipinski definition) is 3. The number of aryl methyl sites for hydroxylation is 1. The average molecular weight is 490 g/mol. The minimum absolute atomic E-state index is 0.244. The number of nitrogens with one attached hydrogen (secondary N) is 2. The van der Waals surface area contributed by atoms with Gasteiger partial charge in [-0.25, -0.2) is 14.4 Å². The SMILES string of the molecule is CN(C)[C@H]1CCN(Cc2ccc(Nc3cc(NC4CCc5cccc(F)c54)c(C(N)=O)cn3)nc2)C1. The summed E-state index contributed by atoms with van der Waals surface area (Å²) in [5.74, 6) is 0.326. The summed E-state index contributed by atoms with van der Waals surface area (Å²) in [5.41, 5.74) is 9.15. The van der Waals surface area contributed by atoms with Gasteiger partial charge in [-0.1, -0.05) is 18.2 Å². The number of primary amides is 1. The van der Waals surface area contributed by atoms with Crippen molar-refractivity contribution in [1.82, 2.24) is 19.8 Å². The number of likely N-dealkylation sites (N-methyl/N-ethyl adjacent to an activating group) is 1. The van der Waals surface area contributed by atoms with Gasteiger partial charge in [-0.15, -0.1) is 0 Å². The lowest BCUT2D eigenvalue weighted by atomic mass is 10.1. The van der Waals surface area contributed by atoms with Gasteiger partial charge < -0.3 is 21.3 Å². The summed E-state index contributed by atoms with van der Waals surface area (Å²) in [4.78, 5) is 25.7. The smallest absolute Gasteiger partial charge is 0.252 e. The topological polar surface area (TPSA) is 99.4 Å². The molecule has 2 aliphatic rings. The highest BCUT2D eigenvalue weighted by molar-refractivity contribution is 5.98. The fraction of sp³-hybridized carbons (Fsp3) is 0.370. The highest BCUT2D eigenvalue weighted by Gasteiger charge is 2.27. The Morgan fingerprint density at radius 2 is 2.00 bits per heavy atom. The number of fused-ring (bicyclic) bond motifs is 1. The molecule has 1 fully saturated rings. The molecule has 5 rings (SSSR count). The Morgan fingerprint density at radius 1 is 1.17 bits per heavy atom. The third-order valence-electron chi connectivity index (χ3n) is 7.16. The molecule has 1 aliphatic heterocycles. The predicted molar refractivity (Wildman–Crippen MR) is 139 cm³/mol.